The number of rotatable bonds is 11. The van der Waals surface area contributed by atoms with Crippen LogP contribution in [0.2, 0.25) is 0 Å². The van der Waals surface area contributed by atoms with Crippen molar-refractivity contribution in [1.82, 2.24) is 0 Å². The van der Waals surface area contributed by atoms with Gasteiger partial charge in [0.2, 0.25) is 0 Å². The van der Waals surface area contributed by atoms with E-state index in [4.69, 9.17) is 0 Å². The van der Waals surface area contributed by atoms with Gasteiger partial charge in [-0.05, 0) is 12.8 Å². The van der Waals surface area contributed by atoms with Crippen LogP contribution in [-0.2, 0) is 10.1 Å². The summed E-state index contributed by atoms with van der Waals surface area (Å²) in [6, 6.07) is 0. The van der Waals surface area contributed by atoms with Crippen LogP contribution in [0.4, 0.5) is 0 Å². The Kier molecular flexibility index (Phi) is 14.7. The molecule has 0 radical (unpaired) electrons. The van der Waals surface area contributed by atoms with Crippen molar-refractivity contribution < 1.29 is 47.6 Å². The van der Waals surface area contributed by atoms with Crippen LogP contribution >= 0.6 is 0 Å². The van der Waals surface area contributed by atoms with Crippen LogP contribution in [0.1, 0.15) is 71.6 Å². The van der Waals surface area contributed by atoms with E-state index in [0.717, 1.165) is 19.3 Å². The van der Waals surface area contributed by atoms with Crippen LogP contribution in [0.25, 0.3) is 0 Å². The first-order chi connectivity index (χ1) is 8.43. The van der Waals surface area contributed by atoms with E-state index in [1.807, 2.05) is 6.92 Å². The van der Waals surface area contributed by atoms with Crippen LogP contribution < -0.4 is 29.6 Å². The molecule has 0 saturated heterocycles. The van der Waals surface area contributed by atoms with Gasteiger partial charge in [0, 0.05) is 0 Å². The van der Waals surface area contributed by atoms with Gasteiger partial charge in [-0.25, -0.2) is 8.42 Å². The van der Waals surface area contributed by atoms with Crippen molar-refractivity contribution in [1.29, 1.82) is 0 Å². The minimum absolute atomic E-state index is 0. The molecule has 4 nitrogen and oxygen atoms in total. The summed E-state index contributed by atoms with van der Waals surface area (Å²) in [5.41, 5.74) is 0. The zero-order valence-electron chi connectivity index (χ0n) is 12.6. The molecule has 110 valence electrons. The predicted octanol–water partition coefficient (Wildman–Crippen LogP) is -0.184. The van der Waals surface area contributed by atoms with Gasteiger partial charge in [-0.2, -0.15) is 0 Å². The maximum atomic E-state index is 11.0. The average Bonchev–Trinajstić information content (AvgIpc) is 2.28. The van der Waals surface area contributed by atoms with E-state index >= 15 is 0 Å². The molecular formula is C13H27NaO4S. The molecule has 0 rings (SSSR count). The molecule has 0 amide bonds. The van der Waals surface area contributed by atoms with Crippen molar-refractivity contribution in [2.75, 3.05) is 0 Å². The first kappa shape index (κ1) is 22.2. The van der Waals surface area contributed by atoms with E-state index in [1.165, 1.54) is 19.3 Å². The number of unbranched alkanes of at least 4 members (excludes halogenated alkanes) is 5. The summed E-state index contributed by atoms with van der Waals surface area (Å²) in [6.45, 7) is 3.97. The van der Waals surface area contributed by atoms with Crippen molar-refractivity contribution in [3.8, 4) is 0 Å². The molecule has 19 heavy (non-hydrogen) atoms. The van der Waals surface area contributed by atoms with Crippen LogP contribution in [0.5, 0.6) is 0 Å². The molecule has 0 spiro atoms. The Morgan fingerprint density at radius 2 is 1.47 bits per heavy atom. The molecule has 0 aliphatic carbocycles. The van der Waals surface area contributed by atoms with Gasteiger partial charge < -0.3 is 9.66 Å². The fraction of sp³-hybridized carbons (Fsp3) is 1.00. The van der Waals surface area contributed by atoms with Crippen LogP contribution in [0, 0.1) is 0 Å². The molecular weight excluding hydrogens is 275 g/mol. The SMILES string of the molecule is CCCCCCCCC(O)C(CCC)S(=O)(=O)[O-].[Na+]. The smallest absolute Gasteiger partial charge is 0.748 e. The summed E-state index contributed by atoms with van der Waals surface area (Å²) in [6.07, 6.45) is 6.76. The average molecular weight is 302 g/mol. The maximum Gasteiger partial charge on any atom is 1.00 e. The molecule has 0 aliphatic rings. The minimum atomic E-state index is -4.38. The Morgan fingerprint density at radius 3 is 1.95 bits per heavy atom. The third-order valence-corrected chi connectivity index (χ3v) is 4.52. The summed E-state index contributed by atoms with van der Waals surface area (Å²) in [4.78, 5) is 0. The number of aliphatic hydroxyl groups excluding tert-OH is 1. The first-order valence-electron chi connectivity index (χ1n) is 7.06. The molecule has 2 atom stereocenters. The monoisotopic (exact) mass is 302 g/mol. The van der Waals surface area contributed by atoms with Gasteiger partial charge in [0.1, 0.15) is 10.1 Å². The van der Waals surface area contributed by atoms with Gasteiger partial charge in [0.05, 0.1) is 11.4 Å². The Balaban J connectivity index is 0. The van der Waals surface area contributed by atoms with Gasteiger partial charge in [0.15, 0.2) is 0 Å². The topological polar surface area (TPSA) is 77.4 Å². The third kappa shape index (κ3) is 11.2. The van der Waals surface area contributed by atoms with Crippen molar-refractivity contribution in [2.24, 2.45) is 0 Å². The Morgan fingerprint density at radius 1 is 0.947 bits per heavy atom. The minimum Gasteiger partial charge on any atom is -0.748 e. The second-order valence-electron chi connectivity index (χ2n) is 4.94. The third-order valence-electron chi connectivity index (χ3n) is 3.23. The Labute approximate surface area is 140 Å². The first-order valence-corrected chi connectivity index (χ1v) is 8.53. The molecule has 0 aromatic carbocycles. The van der Waals surface area contributed by atoms with E-state index in [0.29, 0.717) is 12.8 Å². The van der Waals surface area contributed by atoms with Gasteiger partial charge in [-0.3, -0.25) is 0 Å². The van der Waals surface area contributed by atoms with Crippen molar-refractivity contribution >= 4 is 10.1 Å². The fourth-order valence-electron chi connectivity index (χ4n) is 2.13. The van der Waals surface area contributed by atoms with Crippen molar-refractivity contribution in [2.45, 2.75) is 83.0 Å². The van der Waals surface area contributed by atoms with Crippen molar-refractivity contribution in [3.05, 3.63) is 0 Å². The number of hydrogen-bond donors (Lipinski definition) is 1. The van der Waals surface area contributed by atoms with E-state index in [1.54, 1.807) is 0 Å². The van der Waals surface area contributed by atoms with Crippen molar-refractivity contribution in [3.63, 3.8) is 0 Å². The summed E-state index contributed by atoms with van der Waals surface area (Å²) in [5, 5.41) is 8.67. The number of aliphatic hydroxyl groups is 1. The molecule has 6 heteroatoms. The maximum absolute atomic E-state index is 11.0. The fourth-order valence-corrected chi connectivity index (χ4v) is 3.18. The second kappa shape index (κ2) is 12.6. The second-order valence-corrected chi connectivity index (χ2v) is 6.53. The van der Waals surface area contributed by atoms with Gasteiger partial charge in [-0.1, -0.05) is 58.8 Å². The molecule has 1 N–H and O–H groups in total. The molecule has 2 unspecified atom stereocenters. The summed E-state index contributed by atoms with van der Waals surface area (Å²) in [7, 11) is -4.38. The Hall–Kier alpha value is 0.870. The molecule has 0 aromatic rings. The zero-order valence-corrected chi connectivity index (χ0v) is 15.4. The summed E-state index contributed by atoms with van der Waals surface area (Å²) < 4.78 is 33.1. The molecule has 0 saturated carbocycles. The van der Waals surface area contributed by atoms with Crippen LogP contribution in [0.3, 0.4) is 0 Å². The normalized spacial score (nSPS) is 14.7. The van der Waals surface area contributed by atoms with E-state index in [9.17, 15) is 18.1 Å². The number of hydrogen-bond acceptors (Lipinski definition) is 4. The van der Waals surface area contributed by atoms with Crippen LogP contribution in [-0.4, -0.2) is 29.4 Å². The summed E-state index contributed by atoms with van der Waals surface area (Å²) in [5.74, 6) is 0. The molecule has 0 aliphatic heterocycles. The van der Waals surface area contributed by atoms with E-state index in [-0.39, 0.29) is 36.0 Å². The standard InChI is InChI=1S/C13H28O4S.Na/c1-3-5-6-7-8-9-11-12(14)13(10-4-2)18(15,16)17;/h12-14H,3-11H2,1-2H3,(H,15,16,17);/q;+1/p-1. The molecule has 0 heterocycles. The van der Waals surface area contributed by atoms with Gasteiger partial charge in [-0.15, -0.1) is 0 Å². The summed E-state index contributed by atoms with van der Waals surface area (Å²) >= 11 is 0. The quantitative estimate of drug-likeness (QED) is 0.326. The van der Waals surface area contributed by atoms with E-state index < -0.39 is 21.5 Å². The van der Waals surface area contributed by atoms with Crippen LogP contribution in [0.15, 0.2) is 0 Å². The molecule has 0 aromatic heterocycles. The molecule has 0 fully saturated rings. The zero-order chi connectivity index (χ0) is 14.0. The largest absolute Gasteiger partial charge is 1.00 e. The van der Waals surface area contributed by atoms with E-state index in [2.05, 4.69) is 6.92 Å². The predicted molar refractivity (Wildman–Crippen MR) is 72.4 cm³/mol. The van der Waals surface area contributed by atoms with Gasteiger partial charge >= 0.3 is 29.6 Å². The van der Waals surface area contributed by atoms with Gasteiger partial charge in [0.25, 0.3) is 0 Å². The molecule has 0 bridgehead atoms. The Bertz CT molecular complexity index is 293.